The second kappa shape index (κ2) is 8.40. The summed E-state index contributed by atoms with van der Waals surface area (Å²) >= 11 is 0. The molecule has 1 aliphatic carbocycles. The second-order valence-corrected chi connectivity index (χ2v) is 8.26. The molecule has 1 saturated carbocycles. The van der Waals surface area contributed by atoms with Gasteiger partial charge in [-0.3, -0.25) is 14.5 Å². The molecule has 1 amide bonds. The van der Waals surface area contributed by atoms with Gasteiger partial charge < -0.3 is 19.5 Å². The Morgan fingerprint density at radius 2 is 1.90 bits per heavy atom. The number of amides is 1. The van der Waals surface area contributed by atoms with Crippen molar-refractivity contribution in [2.75, 3.05) is 40.4 Å². The smallest absolute Gasteiger partial charge is 0.311 e. The zero-order chi connectivity index (χ0) is 19.9. The predicted octanol–water partition coefficient (Wildman–Crippen LogP) is 2.20. The van der Waals surface area contributed by atoms with Gasteiger partial charge in [-0.1, -0.05) is 6.42 Å². The second-order valence-electron chi connectivity index (χ2n) is 8.26. The number of carbonyl (C=O) groups excluding carboxylic acids is 1. The molecule has 0 unspecified atom stereocenters. The first kappa shape index (κ1) is 21.7. The molecule has 4 rings (SSSR count). The molecule has 2 fully saturated rings. The van der Waals surface area contributed by atoms with Crippen LogP contribution in [0.25, 0.3) is 0 Å². The highest BCUT2D eigenvalue weighted by atomic mass is 35.5. The molecule has 0 aromatic heterocycles. The molecule has 160 valence electrons. The molecule has 0 bridgehead atoms. The van der Waals surface area contributed by atoms with Crippen LogP contribution in [0.3, 0.4) is 0 Å². The van der Waals surface area contributed by atoms with Crippen LogP contribution >= 0.6 is 12.4 Å². The zero-order valence-corrected chi connectivity index (χ0v) is 17.8. The Bertz CT molecular complexity index is 802. The summed E-state index contributed by atoms with van der Waals surface area (Å²) in [4.78, 5) is 28.7. The van der Waals surface area contributed by atoms with Gasteiger partial charge in [0.2, 0.25) is 5.91 Å². The summed E-state index contributed by atoms with van der Waals surface area (Å²) in [5, 5.41) is 9.73. The maximum atomic E-state index is 12.9. The number of likely N-dealkylation sites (tertiary alicyclic amines) is 1. The van der Waals surface area contributed by atoms with E-state index in [1.165, 1.54) is 5.56 Å². The van der Waals surface area contributed by atoms with Gasteiger partial charge in [0.05, 0.1) is 26.2 Å². The minimum absolute atomic E-state index is 0. The standard InChI is InChI=1S/C21H28N2O5.ClH/c1-27-17-8-14-5-7-23(10-15(14)9-18(17)28-2)19(24)12-22-11-16-4-3-6-21(16,13-22)20(25)26;/h8-9,16H,3-7,10-13H2,1-2H3,(H,25,26);1H/t16-,21+;/m0./s1. The van der Waals surface area contributed by atoms with Gasteiger partial charge in [0.15, 0.2) is 11.5 Å². The fourth-order valence-electron chi connectivity index (χ4n) is 5.25. The van der Waals surface area contributed by atoms with Crippen LogP contribution in [-0.2, 0) is 22.6 Å². The molecule has 1 saturated heterocycles. The van der Waals surface area contributed by atoms with Crippen LogP contribution in [0.4, 0.5) is 0 Å². The first-order valence-electron chi connectivity index (χ1n) is 9.94. The van der Waals surface area contributed by atoms with E-state index >= 15 is 0 Å². The minimum Gasteiger partial charge on any atom is -0.493 e. The number of rotatable bonds is 5. The fourth-order valence-corrected chi connectivity index (χ4v) is 5.25. The first-order chi connectivity index (χ1) is 13.5. The van der Waals surface area contributed by atoms with Crippen molar-refractivity contribution in [1.82, 2.24) is 9.80 Å². The number of hydrogen-bond donors (Lipinski definition) is 1. The molecular weight excluding hydrogens is 396 g/mol. The third kappa shape index (κ3) is 3.78. The Hall–Kier alpha value is -1.99. The van der Waals surface area contributed by atoms with E-state index in [0.29, 0.717) is 44.2 Å². The quantitative estimate of drug-likeness (QED) is 0.780. The number of benzene rings is 1. The lowest BCUT2D eigenvalue weighted by Gasteiger charge is -2.31. The summed E-state index contributed by atoms with van der Waals surface area (Å²) in [6.45, 7) is 2.73. The Morgan fingerprint density at radius 3 is 2.52 bits per heavy atom. The van der Waals surface area contributed by atoms with Gasteiger partial charge in [0.25, 0.3) is 0 Å². The number of carbonyl (C=O) groups is 2. The van der Waals surface area contributed by atoms with Gasteiger partial charge >= 0.3 is 5.97 Å². The van der Waals surface area contributed by atoms with Gasteiger partial charge in [-0.25, -0.2) is 0 Å². The molecule has 8 heteroatoms. The summed E-state index contributed by atoms with van der Waals surface area (Å²) in [5.74, 6) is 0.936. The van der Waals surface area contributed by atoms with E-state index in [0.717, 1.165) is 31.2 Å². The Labute approximate surface area is 177 Å². The summed E-state index contributed by atoms with van der Waals surface area (Å²) in [6, 6.07) is 3.95. The number of halogens is 1. The van der Waals surface area contributed by atoms with Crippen molar-refractivity contribution >= 4 is 24.3 Å². The van der Waals surface area contributed by atoms with Crippen LogP contribution in [0, 0.1) is 11.3 Å². The number of ether oxygens (including phenoxy) is 2. The third-order valence-corrected chi connectivity index (χ3v) is 6.80. The van der Waals surface area contributed by atoms with Crippen LogP contribution in [0.15, 0.2) is 12.1 Å². The SMILES string of the molecule is COc1cc2c(cc1OC)CN(C(=O)CN1C[C@@H]3CCC[C@@]3(C(=O)O)C1)CC2.Cl. The van der Waals surface area contributed by atoms with Crippen molar-refractivity contribution in [3.8, 4) is 11.5 Å². The molecule has 2 aliphatic heterocycles. The minimum atomic E-state index is -0.696. The van der Waals surface area contributed by atoms with E-state index in [-0.39, 0.29) is 24.2 Å². The normalized spacial score (nSPS) is 25.7. The summed E-state index contributed by atoms with van der Waals surface area (Å²) < 4.78 is 10.8. The number of carboxylic acid groups (broad SMARTS) is 1. The molecule has 0 radical (unpaired) electrons. The van der Waals surface area contributed by atoms with Crippen molar-refractivity contribution in [3.63, 3.8) is 0 Å². The monoisotopic (exact) mass is 424 g/mol. The lowest BCUT2D eigenvalue weighted by Crippen LogP contribution is -2.43. The van der Waals surface area contributed by atoms with Crippen LogP contribution in [0.1, 0.15) is 30.4 Å². The molecule has 1 N–H and O–H groups in total. The summed E-state index contributed by atoms with van der Waals surface area (Å²) in [5.41, 5.74) is 1.62. The molecule has 2 atom stereocenters. The van der Waals surface area contributed by atoms with Gasteiger partial charge in [-0.05, 0) is 48.4 Å². The number of aliphatic carboxylic acids is 1. The number of nitrogens with zero attached hydrogens (tertiary/aromatic N) is 2. The van der Waals surface area contributed by atoms with Crippen molar-refractivity contribution in [2.24, 2.45) is 11.3 Å². The van der Waals surface area contributed by atoms with Gasteiger partial charge in [-0.2, -0.15) is 0 Å². The summed E-state index contributed by atoms with van der Waals surface area (Å²) in [7, 11) is 3.23. The van der Waals surface area contributed by atoms with E-state index in [1.54, 1.807) is 14.2 Å². The maximum Gasteiger partial charge on any atom is 0.311 e. The Balaban J connectivity index is 0.00000240. The molecule has 2 heterocycles. The topological polar surface area (TPSA) is 79.3 Å². The van der Waals surface area contributed by atoms with Crippen LogP contribution in [-0.4, -0.2) is 67.2 Å². The average molecular weight is 425 g/mol. The van der Waals surface area contributed by atoms with E-state index in [9.17, 15) is 14.7 Å². The van der Waals surface area contributed by atoms with E-state index in [2.05, 4.69) is 0 Å². The molecule has 29 heavy (non-hydrogen) atoms. The molecule has 1 aromatic rings. The molecule has 0 spiro atoms. The zero-order valence-electron chi connectivity index (χ0n) is 17.0. The average Bonchev–Trinajstić information content (AvgIpc) is 3.24. The first-order valence-corrected chi connectivity index (χ1v) is 9.94. The van der Waals surface area contributed by atoms with Crippen molar-refractivity contribution < 1.29 is 24.2 Å². The lowest BCUT2D eigenvalue weighted by atomic mass is 9.81. The van der Waals surface area contributed by atoms with Crippen LogP contribution in [0.5, 0.6) is 11.5 Å². The van der Waals surface area contributed by atoms with E-state index in [4.69, 9.17) is 9.47 Å². The lowest BCUT2D eigenvalue weighted by molar-refractivity contribution is -0.149. The van der Waals surface area contributed by atoms with Crippen molar-refractivity contribution in [3.05, 3.63) is 23.3 Å². The predicted molar refractivity (Wildman–Crippen MR) is 110 cm³/mol. The van der Waals surface area contributed by atoms with Crippen LogP contribution in [0.2, 0.25) is 0 Å². The maximum absolute atomic E-state index is 12.9. The molecule has 7 nitrogen and oxygen atoms in total. The van der Waals surface area contributed by atoms with Gasteiger partial charge in [0, 0.05) is 26.2 Å². The van der Waals surface area contributed by atoms with Gasteiger partial charge in [-0.15, -0.1) is 12.4 Å². The Morgan fingerprint density at radius 1 is 1.21 bits per heavy atom. The highest BCUT2D eigenvalue weighted by Gasteiger charge is 2.54. The largest absolute Gasteiger partial charge is 0.493 e. The Kier molecular flexibility index (Phi) is 6.29. The highest BCUT2D eigenvalue weighted by Crippen LogP contribution is 2.48. The van der Waals surface area contributed by atoms with Crippen LogP contribution < -0.4 is 9.47 Å². The molecule has 1 aromatic carbocycles. The molecule has 3 aliphatic rings. The number of fused-ring (bicyclic) bond motifs is 2. The fraction of sp³-hybridized carbons (Fsp3) is 0.619. The molecular formula is C21H29ClN2O5. The van der Waals surface area contributed by atoms with Crippen molar-refractivity contribution in [2.45, 2.75) is 32.2 Å². The van der Waals surface area contributed by atoms with E-state index in [1.807, 2.05) is 21.9 Å². The third-order valence-electron chi connectivity index (χ3n) is 6.80. The highest BCUT2D eigenvalue weighted by molar-refractivity contribution is 5.85. The van der Waals surface area contributed by atoms with E-state index < -0.39 is 11.4 Å². The van der Waals surface area contributed by atoms with Gasteiger partial charge in [0.1, 0.15) is 0 Å². The van der Waals surface area contributed by atoms with Crippen molar-refractivity contribution in [1.29, 1.82) is 0 Å². The number of hydrogen-bond acceptors (Lipinski definition) is 5. The number of carboxylic acids is 1. The number of methoxy groups -OCH3 is 2. The summed E-state index contributed by atoms with van der Waals surface area (Å²) in [6.07, 6.45) is 3.45.